The number of hydrogen-bond acceptors (Lipinski definition) is 5. The molecule has 136 valence electrons. The minimum atomic E-state index is -3.40. The molecule has 2 rings (SSSR count). The number of nitrogens with one attached hydrogen (secondary N) is 1. The minimum absolute atomic E-state index is 0.00490. The fourth-order valence-corrected chi connectivity index (χ4v) is 3.94. The van der Waals surface area contributed by atoms with E-state index in [1.165, 1.54) is 12.6 Å². The zero-order valence-electron chi connectivity index (χ0n) is 14.8. The lowest BCUT2D eigenvalue weighted by Gasteiger charge is -2.13. The van der Waals surface area contributed by atoms with Crippen LogP contribution in [0.25, 0.3) is 0 Å². The Hall–Kier alpha value is -1.93. The van der Waals surface area contributed by atoms with Crippen molar-refractivity contribution in [3.63, 3.8) is 0 Å². The average molecular weight is 382 g/mol. The largest absolute Gasteiger partial charge is 0.349 e. The molecule has 0 radical (unpaired) electrons. The maximum Gasteiger partial charge on any atom is 0.263 e. The van der Waals surface area contributed by atoms with Gasteiger partial charge in [0.2, 0.25) is 10.0 Å². The second kappa shape index (κ2) is 7.97. The van der Waals surface area contributed by atoms with Crippen molar-refractivity contribution >= 4 is 32.4 Å². The van der Waals surface area contributed by atoms with Gasteiger partial charge in [-0.3, -0.25) is 4.79 Å². The van der Waals surface area contributed by atoms with E-state index in [2.05, 4.69) is 22.4 Å². The zero-order valence-corrected chi connectivity index (χ0v) is 16.4. The van der Waals surface area contributed by atoms with Crippen molar-refractivity contribution in [2.75, 3.05) is 17.6 Å². The van der Waals surface area contributed by atoms with Crippen LogP contribution in [0.3, 0.4) is 0 Å². The molecule has 0 aliphatic rings. The Bertz CT molecular complexity index is 832. The van der Waals surface area contributed by atoms with E-state index in [-0.39, 0.29) is 11.9 Å². The molecule has 1 aromatic carbocycles. The molecule has 0 aliphatic carbocycles. The van der Waals surface area contributed by atoms with Crippen LogP contribution in [0.4, 0.5) is 5.13 Å². The van der Waals surface area contributed by atoms with E-state index in [9.17, 15) is 13.2 Å². The highest BCUT2D eigenvalue weighted by molar-refractivity contribution is 7.92. The molecule has 0 aliphatic heterocycles. The van der Waals surface area contributed by atoms with Gasteiger partial charge in [-0.25, -0.2) is 17.7 Å². The van der Waals surface area contributed by atoms with E-state index < -0.39 is 10.0 Å². The Morgan fingerprint density at radius 3 is 2.56 bits per heavy atom. The van der Waals surface area contributed by atoms with Gasteiger partial charge in [-0.2, -0.15) is 0 Å². The summed E-state index contributed by atoms with van der Waals surface area (Å²) in [6, 6.07) is 10.1. The number of amides is 1. The molecule has 0 saturated heterocycles. The Morgan fingerprint density at radius 1 is 1.32 bits per heavy atom. The quantitative estimate of drug-likeness (QED) is 0.799. The Balaban J connectivity index is 1.99. The number of aryl methyl sites for hydroxylation is 2. The summed E-state index contributed by atoms with van der Waals surface area (Å²) in [5.41, 5.74) is 1.76. The molecule has 0 bridgehead atoms. The Kier molecular flexibility index (Phi) is 6.18. The molecule has 1 aromatic heterocycles. The maximum atomic E-state index is 12.5. The van der Waals surface area contributed by atoms with Crippen LogP contribution in [-0.4, -0.2) is 38.7 Å². The standard InChI is InChI=1S/C17H23N3O3S2/c1-12(10-11-14-8-6-5-7-9-14)18-16(21)15-13(2)19-17(24-15)20(3)25(4,22)23/h5-9,12H,10-11H2,1-4H3,(H,18,21). The smallest absolute Gasteiger partial charge is 0.263 e. The van der Waals surface area contributed by atoms with Gasteiger partial charge in [0, 0.05) is 13.1 Å². The van der Waals surface area contributed by atoms with E-state index in [1.807, 2.05) is 25.1 Å². The van der Waals surface area contributed by atoms with Crippen LogP contribution in [0.15, 0.2) is 30.3 Å². The van der Waals surface area contributed by atoms with Crippen molar-refractivity contribution in [1.29, 1.82) is 0 Å². The molecule has 1 N–H and O–H groups in total. The number of rotatable bonds is 7. The number of hydrogen-bond donors (Lipinski definition) is 1. The van der Waals surface area contributed by atoms with Crippen LogP contribution in [0.2, 0.25) is 0 Å². The molecule has 0 saturated carbocycles. The third kappa shape index (κ3) is 5.27. The van der Waals surface area contributed by atoms with E-state index in [0.717, 1.165) is 34.7 Å². The van der Waals surface area contributed by atoms with Crippen molar-refractivity contribution in [1.82, 2.24) is 10.3 Å². The van der Waals surface area contributed by atoms with E-state index >= 15 is 0 Å². The summed E-state index contributed by atoms with van der Waals surface area (Å²) >= 11 is 1.08. The summed E-state index contributed by atoms with van der Waals surface area (Å²) in [6.45, 7) is 3.67. The average Bonchev–Trinajstić information content (AvgIpc) is 2.94. The fourth-order valence-electron chi connectivity index (χ4n) is 2.26. The van der Waals surface area contributed by atoms with E-state index in [4.69, 9.17) is 0 Å². The van der Waals surface area contributed by atoms with Gasteiger partial charge < -0.3 is 5.32 Å². The van der Waals surface area contributed by atoms with Gasteiger partial charge >= 0.3 is 0 Å². The Morgan fingerprint density at radius 2 is 1.96 bits per heavy atom. The van der Waals surface area contributed by atoms with Crippen molar-refractivity contribution in [2.24, 2.45) is 0 Å². The molecular formula is C17H23N3O3S2. The molecule has 1 unspecified atom stereocenters. The lowest BCUT2D eigenvalue weighted by molar-refractivity contribution is 0.0941. The van der Waals surface area contributed by atoms with E-state index in [0.29, 0.717) is 15.7 Å². The summed E-state index contributed by atoms with van der Waals surface area (Å²) in [4.78, 5) is 17.1. The predicted octanol–water partition coefficient (Wildman–Crippen LogP) is 2.60. The number of benzene rings is 1. The monoisotopic (exact) mass is 381 g/mol. The lowest BCUT2D eigenvalue weighted by Crippen LogP contribution is -2.32. The lowest BCUT2D eigenvalue weighted by atomic mass is 10.1. The topological polar surface area (TPSA) is 79.4 Å². The minimum Gasteiger partial charge on any atom is -0.349 e. The van der Waals surface area contributed by atoms with Gasteiger partial charge in [0.1, 0.15) is 4.88 Å². The fraction of sp³-hybridized carbons (Fsp3) is 0.412. The van der Waals surface area contributed by atoms with Gasteiger partial charge in [-0.15, -0.1) is 0 Å². The summed E-state index contributed by atoms with van der Waals surface area (Å²) < 4.78 is 24.3. The van der Waals surface area contributed by atoms with E-state index in [1.54, 1.807) is 6.92 Å². The second-order valence-electron chi connectivity index (χ2n) is 6.04. The summed E-state index contributed by atoms with van der Waals surface area (Å²) in [5, 5.41) is 3.26. The van der Waals surface area contributed by atoms with Crippen LogP contribution < -0.4 is 9.62 Å². The molecule has 6 nitrogen and oxygen atoms in total. The van der Waals surface area contributed by atoms with Gasteiger partial charge in [0.15, 0.2) is 5.13 Å². The maximum absolute atomic E-state index is 12.5. The third-order valence-corrected chi connectivity index (χ3v) is 6.36. The molecular weight excluding hydrogens is 358 g/mol. The molecule has 0 fully saturated rings. The Labute approximate surface area is 153 Å². The highest BCUT2D eigenvalue weighted by Gasteiger charge is 2.22. The molecule has 8 heteroatoms. The first-order valence-electron chi connectivity index (χ1n) is 7.94. The SMILES string of the molecule is Cc1nc(N(C)S(C)(=O)=O)sc1C(=O)NC(C)CCc1ccccc1. The van der Waals surface area contributed by atoms with Crippen molar-refractivity contribution in [2.45, 2.75) is 32.7 Å². The van der Waals surface area contributed by atoms with Gasteiger partial charge in [0.05, 0.1) is 11.9 Å². The molecule has 25 heavy (non-hydrogen) atoms. The van der Waals surface area contributed by atoms with Crippen LogP contribution in [-0.2, 0) is 16.4 Å². The number of carbonyl (C=O) groups excluding carboxylic acids is 1. The number of sulfonamides is 1. The molecule has 2 aromatic rings. The molecule has 1 heterocycles. The number of thiazole rings is 1. The summed E-state index contributed by atoms with van der Waals surface area (Å²) in [7, 11) is -1.97. The van der Waals surface area contributed by atoms with Crippen LogP contribution in [0.5, 0.6) is 0 Å². The molecule has 1 atom stereocenters. The third-order valence-electron chi connectivity index (χ3n) is 3.84. The number of anilines is 1. The molecule has 0 spiro atoms. The van der Waals surface area contributed by atoms with Gasteiger partial charge in [-0.1, -0.05) is 41.7 Å². The first-order valence-corrected chi connectivity index (χ1v) is 10.6. The highest BCUT2D eigenvalue weighted by atomic mass is 32.2. The van der Waals surface area contributed by atoms with Crippen molar-refractivity contribution in [3.05, 3.63) is 46.5 Å². The molecule has 1 amide bonds. The number of aromatic nitrogens is 1. The predicted molar refractivity (Wildman–Crippen MR) is 102 cm³/mol. The normalized spacial score (nSPS) is 12.6. The van der Waals surface area contributed by atoms with Gasteiger partial charge in [-0.05, 0) is 32.3 Å². The first-order chi connectivity index (χ1) is 11.7. The number of nitrogens with zero attached hydrogens (tertiary/aromatic N) is 2. The summed E-state index contributed by atoms with van der Waals surface area (Å²) in [5.74, 6) is -0.219. The van der Waals surface area contributed by atoms with Crippen molar-refractivity contribution in [3.8, 4) is 0 Å². The number of carbonyl (C=O) groups is 1. The van der Waals surface area contributed by atoms with Crippen LogP contribution in [0, 0.1) is 6.92 Å². The van der Waals surface area contributed by atoms with Crippen LogP contribution >= 0.6 is 11.3 Å². The van der Waals surface area contributed by atoms with Gasteiger partial charge in [0.25, 0.3) is 5.91 Å². The van der Waals surface area contributed by atoms with Crippen molar-refractivity contribution < 1.29 is 13.2 Å². The first kappa shape index (κ1) is 19.4. The zero-order chi connectivity index (χ0) is 18.6. The second-order valence-corrected chi connectivity index (χ2v) is 9.03. The highest BCUT2D eigenvalue weighted by Crippen LogP contribution is 2.26. The summed E-state index contributed by atoms with van der Waals surface area (Å²) in [6.07, 6.45) is 2.81. The van der Waals surface area contributed by atoms with Crippen LogP contribution in [0.1, 0.15) is 34.3 Å².